The van der Waals surface area contributed by atoms with Crippen LogP contribution < -0.4 is 0 Å². The van der Waals surface area contributed by atoms with E-state index in [1.807, 2.05) is 12.1 Å². The molecule has 0 aliphatic carbocycles. The second-order valence-electron chi connectivity index (χ2n) is 3.98. The molecule has 0 spiro atoms. The number of thiophene rings is 1. The quantitative estimate of drug-likeness (QED) is 0.521. The van der Waals surface area contributed by atoms with E-state index in [4.69, 9.17) is 0 Å². The molecule has 1 heterocycles. The number of allylic oxidation sites excluding steroid dienone is 1. The van der Waals surface area contributed by atoms with Gasteiger partial charge < -0.3 is 0 Å². The van der Waals surface area contributed by atoms with Crippen LogP contribution in [0.25, 0.3) is 0 Å². The first-order chi connectivity index (χ1) is 5.95. The molecule has 0 amide bonds. The lowest BCUT2D eigenvalue weighted by Gasteiger charge is -2.15. The molecule has 0 aliphatic heterocycles. The summed E-state index contributed by atoms with van der Waals surface area (Å²) in [7, 11) is 0. The van der Waals surface area contributed by atoms with Crippen LogP contribution in [-0.4, -0.2) is 5.78 Å². The Hall–Kier alpha value is -0.890. The van der Waals surface area contributed by atoms with Crippen molar-refractivity contribution < 1.29 is 4.79 Å². The average molecular weight is 194 g/mol. The Balaban J connectivity index is 3.00. The lowest BCUT2D eigenvalue weighted by molar-refractivity contribution is 0.105. The maximum atomic E-state index is 11.2. The number of rotatable bonds is 2. The fourth-order valence-electron chi connectivity index (χ4n) is 0.974. The molecule has 0 unspecified atom stereocenters. The highest BCUT2D eigenvalue weighted by Gasteiger charge is 2.17. The Bertz CT molecular complexity index is 328. The first-order valence-corrected chi connectivity index (χ1v) is 5.04. The molecule has 70 valence electrons. The maximum Gasteiger partial charge on any atom is 0.195 e. The zero-order valence-corrected chi connectivity index (χ0v) is 9.07. The van der Waals surface area contributed by atoms with Crippen LogP contribution in [0.1, 0.15) is 35.3 Å². The second-order valence-corrected chi connectivity index (χ2v) is 5.07. The molecule has 1 rings (SSSR count). The summed E-state index contributed by atoms with van der Waals surface area (Å²) < 4.78 is 0. The van der Waals surface area contributed by atoms with Crippen molar-refractivity contribution in [3.05, 3.63) is 34.5 Å². The molecular weight excluding hydrogens is 180 g/mol. The molecule has 1 aromatic rings. The van der Waals surface area contributed by atoms with Gasteiger partial charge in [-0.2, -0.15) is 0 Å². The third kappa shape index (κ3) is 2.28. The van der Waals surface area contributed by atoms with Crippen molar-refractivity contribution in [1.82, 2.24) is 0 Å². The summed E-state index contributed by atoms with van der Waals surface area (Å²) in [6.07, 6.45) is 1.36. The third-order valence-corrected chi connectivity index (χ3v) is 3.30. The monoisotopic (exact) mass is 194 g/mol. The molecule has 0 atom stereocenters. The van der Waals surface area contributed by atoms with Crippen molar-refractivity contribution in [1.29, 1.82) is 0 Å². The van der Waals surface area contributed by atoms with Gasteiger partial charge >= 0.3 is 0 Å². The molecule has 2 heteroatoms. The van der Waals surface area contributed by atoms with Crippen LogP contribution in [0.3, 0.4) is 0 Å². The highest BCUT2D eigenvalue weighted by molar-refractivity contribution is 7.14. The topological polar surface area (TPSA) is 17.1 Å². The van der Waals surface area contributed by atoms with Gasteiger partial charge in [0, 0.05) is 4.88 Å². The fraction of sp³-hybridized carbons (Fsp3) is 0.364. The minimum absolute atomic E-state index is 0.0144. The molecule has 0 radical (unpaired) electrons. The second kappa shape index (κ2) is 3.46. The van der Waals surface area contributed by atoms with Gasteiger partial charge in [-0.25, -0.2) is 0 Å². The predicted molar refractivity (Wildman–Crippen MR) is 57.5 cm³/mol. The Kier molecular flexibility index (Phi) is 2.71. The lowest BCUT2D eigenvalue weighted by Crippen LogP contribution is -2.07. The fourth-order valence-corrected chi connectivity index (χ4v) is 1.97. The zero-order valence-electron chi connectivity index (χ0n) is 8.26. The van der Waals surface area contributed by atoms with E-state index in [-0.39, 0.29) is 11.2 Å². The Morgan fingerprint density at radius 2 is 2.08 bits per heavy atom. The van der Waals surface area contributed by atoms with Crippen LogP contribution in [0.5, 0.6) is 0 Å². The van der Waals surface area contributed by atoms with Gasteiger partial charge in [-0.3, -0.25) is 4.79 Å². The van der Waals surface area contributed by atoms with E-state index >= 15 is 0 Å². The van der Waals surface area contributed by atoms with Crippen LogP contribution in [0, 0.1) is 0 Å². The van der Waals surface area contributed by atoms with Gasteiger partial charge in [0.1, 0.15) is 0 Å². The molecular formula is C11H14OS. The van der Waals surface area contributed by atoms with Crippen LogP contribution in [0.4, 0.5) is 0 Å². The molecule has 0 N–H and O–H groups in total. The van der Waals surface area contributed by atoms with E-state index in [0.29, 0.717) is 0 Å². The lowest BCUT2D eigenvalue weighted by atomic mass is 9.95. The smallest absolute Gasteiger partial charge is 0.195 e. The van der Waals surface area contributed by atoms with Gasteiger partial charge in [-0.05, 0) is 23.6 Å². The molecule has 0 fully saturated rings. The highest BCUT2D eigenvalue weighted by atomic mass is 32.1. The van der Waals surface area contributed by atoms with E-state index in [1.54, 1.807) is 11.3 Å². The Morgan fingerprint density at radius 1 is 1.46 bits per heavy atom. The number of ketones is 1. The molecule has 0 saturated carbocycles. The van der Waals surface area contributed by atoms with E-state index in [1.165, 1.54) is 11.0 Å². The Morgan fingerprint density at radius 3 is 2.46 bits per heavy atom. The van der Waals surface area contributed by atoms with Crippen molar-refractivity contribution >= 4 is 17.1 Å². The summed E-state index contributed by atoms with van der Waals surface area (Å²) in [5.41, 5.74) is 0.129. The number of carbonyl (C=O) groups is 1. The van der Waals surface area contributed by atoms with Gasteiger partial charge in [0.15, 0.2) is 5.78 Å². The standard InChI is InChI=1S/C11H14OS/c1-5-8(12)9-6-7-10(13-9)11(2,3)4/h5-7H,1H2,2-4H3. The van der Waals surface area contributed by atoms with Crippen LogP contribution in [-0.2, 0) is 5.41 Å². The van der Waals surface area contributed by atoms with Gasteiger partial charge in [0.25, 0.3) is 0 Å². The van der Waals surface area contributed by atoms with Crippen molar-refractivity contribution in [2.45, 2.75) is 26.2 Å². The van der Waals surface area contributed by atoms with Gasteiger partial charge in [0.05, 0.1) is 4.88 Å². The number of carbonyl (C=O) groups excluding carboxylic acids is 1. The van der Waals surface area contributed by atoms with Crippen molar-refractivity contribution in [2.24, 2.45) is 0 Å². The van der Waals surface area contributed by atoms with E-state index in [2.05, 4.69) is 27.4 Å². The minimum atomic E-state index is 0.0144. The normalized spacial score (nSPS) is 11.3. The Labute approximate surface area is 83.1 Å². The molecule has 0 aromatic carbocycles. The molecule has 13 heavy (non-hydrogen) atoms. The maximum absolute atomic E-state index is 11.2. The summed E-state index contributed by atoms with van der Waals surface area (Å²) in [4.78, 5) is 13.3. The largest absolute Gasteiger partial charge is 0.288 e. The van der Waals surface area contributed by atoms with E-state index < -0.39 is 0 Å². The van der Waals surface area contributed by atoms with E-state index in [9.17, 15) is 4.79 Å². The van der Waals surface area contributed by atoms with E-state index in [0.717, 1.165) is 4.88 Å². The zero-order chi connectivity index (χ0) is 10.1. The SMILES string of the molecule is C=CC(=O)c1ccc(C(C)(C)C)s1. The molecule has 0 saturated heterocycles. The number of hydrogen-bond acceptors (Lipinski definition) is 2. The van der Waals surface area contributed by atoms with Crippen LogP contribution in [0.2, 0.25) is 0 Å². The first-order valence-electron chi connectivity index (χ1n) is 4.22. The summed E-state index contributed by atoms with van der Waals surface area (Å²) in [5, 5.41) is 0. The molecule has 0 bridgehead atoms. The van der Waals surface area contributed by atoms with Gasteiger partial charge in [-0.15, -0.1) is 11.3 Å². The summed E-state index contributed by atoms with van der Waals surface area (Å²) in [6, 6.07) is 3.89. The third-order valence-electron chi connectivity index (χ3n) is 1.77. The van der Waals surface area contributed by atoms with Crippen molar-refractivity contribution in [3.63, 3.8) is 0 Å². The predicted octanol–water partition coefficient (Wildman–Crippen LogP) is 3.41. The van der Waals surface area contributed by atoms with Gasteiger partial charge in [0.2, 0.25) is 0 Å². The molecule has 0 aliphatic rings. The summed E-state index contributed by atoms with van der Waals surface area (Å²) in [5.74, 6) is 0.0144. The summed E-state index contributed by atoms with van der Waals surface area (Å²) >= 11 is 1.55. The summed E-state index contributed by atoms with van der Waals surface area (Å²) in [6.45, 7) is 9.89. The van der Waals surface area contributed by atoms with Crippen molar-refractivity contribution in [2.75, 3.05) is 0 Å². The van der Waals surface area contributed by atoms with Crippen molar-refractivity contribution in [3.8, 4) is 0 Å². The van der Waals surface area contributed by atoms with Crippen LogP contribution in [0.15, 0.2) is 24.8 Å². The van der Waals surface area contributed by atoms with Gasteiger partial charge in [-0.1, -0.05) is 27.4 Å². The highest BCUT2D eigenvalue weighted by Crippen LogP contribution is 2.29. The molecule has 1 aromatic heterocycles. The molecule has 1 nitrogen and oxygen atoms in total. The number of hydrogen-bond donors (Lipinski definition) is 0. The average Bonchev–Trinajstić information content (AvgIpc) is 2.50. The first kappa shape index (κ1) is 10.2. The minimum Gasteiger partial charge on any atom is -0.288 e. The van der Waals surface area contributed by atoms with Crippen LogP contribution >= 0.6 is 11.3 Å².